The van der Waals surface area contributed by atoms with E-state index in [4.69, 9.17) is 5.73 Å². The molecule has 0 bridgehead atoms. The maximum absolute atomic E-state index is 11.2. The Morgan fingerprint density at radius 3 is 2.75 bits per heavy atom. The Balaban J connectivity index is 1.76. The average molecular weight is 321 g/mol. The maximum Gasteiger partial charge on any atom is 0.239 e. The minimum absolute atomic E-state index is 0.394. The van der Waals surface area contributed by atoms with E-state index in [0.29, 0.717) is 6.54 Å². The standard InChI is InChI=1S/C18H19N5O/c1-13(18(19)24)20-16-9-5-8-15(10-16)17-12-23(22-21-17)11-14-6-3-2-4-7-14/h2-10,12-13,20H,11H2,1H3,(H2,19,24). The molecular weight excluding hydrogens is 302 g/mol. The third-order valence-corrected chi connectivity index (χ3v) is 3.69. The van der Waals surface area contributed by atoms with Gasteiger partial charge in [-0.1, -0.05) is 47.7 Å². The van der Waals surface area contributed by atoms with Crippen molar-refractivity contribution in [1.29, 1.82) is 0 Å². The number of amides is 1. The lowest BCUT2D eigenvalue weighted by Gasteiger charge is -2.12. The number of carbonyl (C=O) groups excluding carboxylic acids is 1. The Bertz CT molecular complexity index is 828. The minimum atomic E-state index is -0.436. The van der Waals surface area contributed by atoms with E-state index >= 15 is 0 Å². The van der Waals surface area contributed by atoms with Gasteiger partial charge >= 0.3 is 0 Å². The molecule has 0 aliphatic rings. The molecule has 0 aliphatic heterocycles. The summed E-state index contributed by atoms with van der Waals surface area (Å²) in [5, 5.41) is 11.5. The summed E-state index contributed by atoms with van der Waals surface area (Å²) in [6, 6.07) is 17.3. The molecule has 0 fully saturated rings. The molecule has 1 unspecified atom stereocenters. The van der Waals surface area contributed by atoms with Crippen molar-refractivity contribution in [3.05, 3.63) is 66.4 Å². The van der Waals surface area contributed by atoms with Gasteiger partial charge in [-0.25, -0.2) is 4.68 Å². The maximum atomic E-state index is 11.2. The summed E-state index contributed by atoms with van der Waals surface area (Å²) in [6.45, 7) is 2.40. The van der Waals surface area contributed by atoms with E-state index in [1.165, 1.54) is 5.56 Å². The smallest absolute Gasteiger partial charge is 0.239 e. The summed E-state index contributed by atoms with van der Waals surface area (Å²) in [5.41, 5.74) is 8.97. The summed E-state index contributed by atoms with van der Waals surface area (Å²) in [5.74, 6) is -0.394. The van der Waals surface area contributed by atoms with Gasteiger partial charge in [-0.3, -0.25) is 4.79 Å². The molecule has 0 saturated carbocycles. The van der Waals surface area contributed by atoms with Gasteiger partial charge in [0.15, 0.2) is 0 Å². The Morgan fingerprint density at radius 2 is 2.00 bits per heavy atom. The molecule has 3 aromatic rings. The fraction of sp³-hybridized carbons (Fsp3) is 0.167. The van der Waals surface area contributed by atoms with E-state index in [2.05, 4.69) is 27.8 Å². The van der Waals surface area contributed by atoms with E-state index in [-0.39, 0.29) is 0 Å². The Labute approximate surface area is 140 Å². The molecule has 6 heteroatoms. The minimum Gasteiger partial charge on any atom is -0.374 e. The number of hydrogen-bond donors (Lipinski definition) is 2. The largest absolute Gasteiger partial charge is 0.374 e. The van der Waals surface area contributed by atoms with Gasteiger partial charge in [0.1, 0.15) is 11.7 Å². The zero-order chi connectivity index (χ0) is 16.9. The number of carbonyl (C=O) groups is 1. The van der Waals surface area contributed by atoms with Crippen molar-refractivity contribution in [2.75, 3.05) is 5.32 Å². The van der Waals surface area contributed by atoms with Crippen LogP contribution in [0, 0.1) is 0 Å². The molecule has 1 amide bonds. The van der Waals surface area contributed by atoms with E-state index in [1.807, 2.05) is 48.7 Å². The summed E-state index contributed by atoms with van der Waals surface area (Å²) >= 11 is 0. The highest BCUT2D eigenvalue weighted by Gasteiger charge is 2.09. The first-order valence-electron chi connectivity index (χ1n) is 7.72. The molecule has 24 heavy (non-hydrogen) atoms. The van der Waals surface area contributed by atoms with Crippen LogP contribution in [-0.4, -0.2) is 26.9 Å². The molecule has 3 rings (SSSR count). The number of aromatic nitrogens is 3. The van der Waals surface area contributed by atoms with Crippen molar-refractivity contribution < 1.29 is 4.79 Å². The molecular formula is C18H19N5O. The van der Waals surface area contributed by atoms with Gasteiger partial charge in [-0.15, -0.1) is 5.10 Å². The van der Waals surface area contributed by atoms with Crippen LogP contribution in [0.4, 0.5) is 5.69 Å². The van der Waals surface area contributed by atoms with Crippen molar-refractivity contribution >= 4 is 11.6 Å². The lowest BCUT2D eigenvalue weighted by molar-refractivity contribution is -0.118. The van der Waals surface area contributed by atoms with Gasteiger partial charge in [0.25, 0.3) is 0 Å². The Hall–Kier alpha value is -3.15. The Kier molecular flexibility index (Phi) is 4.56. The molecule has 2 aromatic carbocycles. The monoisotopic (exact) mass is 321 g/mol. The van der Waals surface area contributed by atoms with Gasteiger partial charge in [0, 0.05) is 11.3 Å². The summed E-state index contributed by atoms with van der Waals surface area (Å²) < 4.78 is 1.80. The summed E-state index contributed by atoms with van der Waals surface area (Å²) in [4.78, 5) is 11.2. The predicted octanol–water partition coefficient (Wildman–Crippen LogP) is 2.28. The molecule has 1 heterocycles. The number of rotatable bonds is 6. The molecule has 0 spiro atoms. The van der Waals surface area contributed by atoms with Crippen LogP contribution in [0.2, 0.25) is 0 Å². The molecule has 0 saturated heterocycles. The second-order valence-corrected chi connectivity index (χ2v) is 5.64. The van der Waals surface area contributed by atoms with Crippen LogP contribution in [0.3, 0.4) is 0 Å². The van der Waals surface area contributed by atoms with Gasteiger partial charge in [0.05, 0.1) is 12.7 Å². The Morgan fingerprint density at radius 1 is 1.21 bits per heavy atom. The van der Waals surface area contributed by atoms with E-state index in [0.717, 1.165) is 16.9 Å². The molecule has 122 valence electrons. The first-order valence-corrected chi connectivity index (χ1v) is 7.72. The fourth-order valence-corrected chi connectivity index (χ4v) is 2.37. The zero-order valence-electron chi connectivity index (χ0n) is 13.4. The molecule has 0 radical (unpaired) electrons. The van der Waals surface area contributed by atoms with Crippen LogP contribution in [0.15, 0.2) is 60.8 Å². The van der Waals surface area contributed by atoms with Crippen LogP contribution in [0.25, 0.3) is 11.3 Å². The number of anilines is 1. The third kappa shape index (κ3) is 3.78. The van der Waals surface area contributed by atoms with Crippen LogP contribution in [0.5, 0.6) is 0 Å². The van der Waals surface area contributed by atoms with Crippen molar-refractivity contribution in [2.24, 2.45) is 5.73 Å². The highest BCUT2D eigenvalue weighted by atomic mass is 16.1. The van der Waals surface area contributed by atoms with Crippen LogP contribution in [0.1, 0.15) is 12.5 Å². The van der Waals surface area contributed by atoms with Crippen LogP contribution in [-0.2, 0) is 11.3 Å². The average Bonchev–Trinajstić information content (AvgIpc) is 3.04. The van der Waals surface area contributed by atoms with Crippen LogP contribution >= 0.6 is 0 Å². The lowest BCUT2D eigenvalue weighted by Crippen LogP contribution is -2.32. The lowest BCUT2D eigenvalue weighted by atomic mass is 10.1. The highest BCUT2D eigenvalue weighted by molar-refractivity contribution is 5.82. The quantitative estimate of drug-likeness (QED) is 0.729. The van der Waals surface area contributed by atoms with Crippen LogP contribution < -0.4 is 11.1 Å². The fourth-order valence-electron chi connectivity index (χ4n) is 2.37. The first-order chi connectivity index (χ1) is 11.6. The molecule has 3 N–H and O–H groups in total. The molecule has 0 aliphatic carbocycles. The number of nitrogens with zero attached hydrogens (tertiary/aromatic N) is 3. The van der Waals surface area contributed by atoms with E-state index in [9.17, 15) is 4.79 Å². The van der Waals surface area contributed by atoms with E-state index < -0.39 is 11.9 Å². The number of hydrogen-bond acceptors (Lipinski definition) is 4. The van der Waals surface area contributed by atoms with Gasteiger partial charge in [0.2, 0.25) is 5.91 Å². The first kappa shape index (κ1) is 15.7. The molecule has 6 nitrogen and oxygen atoms in total. The van der Waals surface area contributed by atoms with Crippen molar-refractivity contribution in [3.63, 3.8) is 0 Å². The normalized spacial score (nSPS) is 11.9. The number of nitrogens with one attached hydrogen (secondary N) is 1. The summed E-state index contributed by atoms with van der Waals surface area (Å²) in [6.07, 6.45) is 1.91. The number of primary amides is 1. The van der Waals surface area contributed by atoms with E-state index in [1.54, 1.807) is 11.6 Å². The molecule has 1 atom stereocenters. The zero-order valence-corrected chi connectivity index (χ0v) is 13.4. The second-order valence-electron chi connectivity index (χ2n) is 5.64. The summed E-state index contributed by atoms with van der Waals surface area (Å²) in [7, 11) is 0. The van der Waals surface area contributed by atoms with Crippen molar-refractivity contribution in [3.8, 4) is 11.3 Å². The van der Waals surface area contributed by atoms with Gasteiger partial charge < -0.3 is 11.1 Å². The van der Waals surface area contributed by atoms with Crippen molar-refractivity contribution in [2.45, 2.75) is 19.5 Å². The topological polar surface area (TPSA) is 85.8 Å². The van der Waals surface area contributed by atoms with Gasteiger partial charge in [-0.05, 0) is 24.6 Å². The molecule has 1 aromatic heterocycles. The highest BCUT2D eigenvalue weighted by Crippen LogP contribution is 2.21. The number of benzene rings is 2. The number of nitrogens with two attached hydrogens (primary N) is 1. The van der Waals surface area contributed by atoms with Gasteiger partial charge in [-0.2, -0.15) is 0 Å². The predicted molar refractivity (Wildman–Crippen MR) is 93.3 cm³/mol. The van der Waals surface area contributed by atoms with Crippen molar-refractivity contribution in [1.82, 2.24) is 15.0 Å². The SMILES string of the molecule is CC(Nc1cccc(-c2cn(Cc3ccccc3)nn2)c1)C(N)=O. The third-order valence-electron chi connectivity index (χ3n) is 3.69. The second kappa shape index (κ2) is 6.95.